The fourth-order valence-corrected chi connectivity index (χ4v) is 2.88. The molecule has 0 atom stereocenters. The zero-order valence-electron chi connectivity index (χ0n) is 10.7. The minimum Gasteiger partial charge on any atom is -0.495 e. The van der Waals surface area contributed by atoms with Gasteiger partial charge in [-0.3, -0.25) is 0 Å². The Bertz CT molecular complexity index is 628. The van der Waals surface area contributed by atoms with Gasteiger partial charge in [0.1, 0.15) is 5.75 Å². The summed E-state index contributed by atoms with van der Waals surface area (Å²) in [7, 11) is 1.68. The fraction of sp³-hybridized carbons (Fsp3) is 0.200. The number of halogens is 1. The molecule has 1 aliphatic rings. The van der Waals surface area contributed by atoms with Crippen LogP contribution in [0, 0.1) is 0 Å². The molecule has 0 saturated heterocycles. The Morgan fingerprint density at radius 2 is 2.05 bits per heavy atom. The Morgan fingerprint density at radius 3 is 2.79 bits per heavy atom. The minimum atomic E-state index is 0.849. The van der Waals surface area contributed by atoms with E-state index in [0.717, 1.165) is 34.7 Å². The quantitative estimate of drug-likeness (QED) is 0.860. The number of nitrogens with zero attached hydrogens (tertiary/aromatic N) is 1. The van der Waals surface area contributed by atoms with Crippen molar-refractivity contribution in [1.82, 2.24) is 0 Å². The number of nitrogen functional groups attached to an aromatic ring is 1. The number of fused-ring (bicyclic) bond motifs is 1. The molecule has 3 nitrogen and oxygen atoms in total. The second-order valence-electron chi connectivity index (χ2n) is 4.66. The van der Waals surface area contributed by atoms with Gasteiger partial charge in [-0.2, -0.15) is 0 Å². The van der Waals surface area contributed by atoms with Crippen molar-refractivity contribution in [3.8, 4) is 5.75 Å². The third-order valence-electron chi connectivity index (χ3n) is 3.52. The number of methoxy groups -OCH3 is 1. The van der Waals surface area contributed by atoms with Crippen molar-refractivity contribution in [1.29, 1.82) is 0 Å². The zero-order chi connectivity index (χ0) is 13.4. The van der Waals surface area contributed by atoms with Crippen molar-refractivity contribution >= 4 is 27.3 Å². The van der Waals surface area contributed by atoms with E-state index in [1.54, 1.807) is 7.11 Å². The highest BCUT2D eigenvalue weighted by molar-refractivity contribution is 9.10. The predicted octanol–water partition coefficient (Wildman–Crippen LogP) is 3.56. The Hall–Kier alpha value is -1.68. The van der Waals surface area contributed by atoms with Crippen molar-refractivity contribution in [3.05, 3.63) is 52.0 Å². The van der Waals surface area contributed by atoms with Crippen LogP contribution in [0.5, 0.6) is 5.75 Å². The molecule has 0 bridgehead atoms. The fourth-order valence-electron chi connectivity index (χ4n) is 2.48. The molecule has 0 aromatic heterocycles. The summed E-state index contributed by atoms with van der Waals surface area (Å²) in [5.74, 6) is 0.849. The Labute approximate surface area is 121 Å². The highest BCUT2D eigenvalue weighted by Crippen LogP contribution is 2.35. The lowest BCUT2D eigenvalue weighted by molar-refractivity contribution is 0.412. The molecule has 0 fully saturated rings. The van der Waals surface area contributed by atoms with Gasteiger partial charge < -0.3 is 15.4 Å². The smallest absolute Gasteiger partial charge is 0.135 e. The molecule has 0 amide bonds. The Morgan fingerprint density at radius 1 is 1.21 bits per heavy atom. The van der Waals surface area contributed by atoms with E-state index in [0.29, 0.717) is 0 Å². The lowest BCUT2D eigenvalue weighted by atomic mass is 10.1. The van der Waals surface area contributed by atoms with Gasteiger partial charge in [0.05, 0.1) is 11.6 Å². The summed E-state index contributed by atoms with van der Waals surface area (Å²) in [5, 5.41) is 0. The lowest BCUT2D eigenvalue weighted by Gasteiger charge is -2.19. The number of anilines is 2. The van der Waals surface area contributed by atoms with Crippen LogP contribution in [0.25, 0.3) is 0 Å². The van der Waals surface area contributed by atoms with Crippen LogP contribution in [-0.4, -0.2) is 7.11 Å². The van der Waals surface area contributed by atoms with Gasteiger partial charge in [-0.1, -0.05) is 12.1 Å². The maximum absolute atomic E-state index is 6.03. The maximum atomic E-state index is 6.03. The second kappa shape index (κ2) is 4.78. The largest absolute Gasteiger partial charge is 0.495 e. The van der Waals surface area contributed by atoms with Crippen LogP contribution in [0.4, 0.5) is 11.4 Å². The van der Waals surface area contributed by atoms with Gasteiger partial charge in [-0.05, 0) is 45.3 Å². The van der Waals surface area contributed by atoms with Gasteiger partial charge in [-0.15, -0.1) is 0 Å². The van der Waals surface area contributed by atoms with E-state index in [1.807, 2.05) is 24.3 Å². The van der Waals surface area contributed by atoms with E-state index in [2.05, 4.69) is 33.0 Å². The first kappa shape index (κ1) is 12.4. The molecule has 0 radical (unpaired) electrons. The standard InChI is InChI=1S/C15H15BrN2O/c1-19-15-7-11(5-6-13(15)16)18-8-10-3-2-4-14(17)12(10)9-18/h2-7H,8-9,17H2,1H3. The predicted molar refractivity (Wildman–Crippen MR) is 81.4 cm³/mol. The molecule has 0 saturated carbocycles. The molecular weight excluding hydrogens is 304 g/mol. The molecular formula is C15H15BrN2O. The summed E-state index contributed by atoms with van der Waals surface area (Å²) < 4.78 is 6.32. The normalized spacial score (nSPS) is 13.5. The lowest BCUT2D eigenvalue weighted by Crippen LogP contribution is -2.14. The van der Waals surface area contributed by atoms with Crippen molar-refractivity contribution in [2.45, 2.75) is 13.1 Å². The number of benzene rings is 2. The molecule has 0 unspecified atom stereocenters. The second-order valence-corrected chi connectivity index (χ2v) is 5.51. The third-order valence-corrected chi connectivity index (χ3v) is 4.17. The van der Waals surface area contributed by atoms with E-state index >= 15 is 0 Å². The SMILES string of the molecule is COc1cc(N2Cc3cccc(N)c3C2)ccc1Br. The Balaban J connectivity index is 1.93. The molecule has 4 heteroatoms. The molecule has 2 aromatic rings. The van der Waals surface area contributed by atoms with Crippen molar-refractivity contribution in [3.63, 3.8) is 0 Å². The molecule has 2 N–H and O–H groups in total. The third kappa shape index (κ3) is 2.16. The highest BCUT2D eigenvalue weighted by atomic mass is 79.9. The summed E-state index contributed by atoms with van der Waals surface area (Å²) >= 11 is 3.48. The number of nitrogens with two attached hydrogens (primary N) is 1. The van der Waals surface area contributed by atoms with Crippen molar-refractivity contribution in [2.75, 3.05) is 17.7 Å². The van der Waals surface area contributed by atoms with Gasteiger partial charge >= 0.3 is 0 Å². The first-order valence-corrected chi connectivity index (χ1v) is 6.93. The van der Waals surface area contributed by atoms with E-state index in [-0.39, 0.29) is 0 Å². The summed E-state index contributed by atoms with van der Waals surface area (Å²) in [5.41, 5.74) is 10.6. The van der Waals surface area contributed by atoms with E-state index in [4.69, 9.17) is 10.5 Å². The molecule has 0 aliphatic carbocycles. The molecule has 1 aliphatic heterocycles. The number of ether oxygens (including phenoxy) is 1. The van der Waals surface area contributed by atoms with Crippen LogP contribution in [0.15, 0.2) is 40.9 Å². The van der Waals surface area contributed by atoms with Crippen LogP contribution >= 0.6 is 15.9 Å². The van der Waals surface area contributed by atoms with E-state index in [9.17, 15) is 0 Å². The van der Waals surface area contributed by atoms with Crippen LogP contribution in [0.2, 0.25) is 0 Å². The minimum absolute atomic E-state index is 0.849. The summed E-state index contributed by atoms with van der Waals surface area (Å²) in [6.07, 6.45) is 0. The molecule has 19 heavy (non-hydrogen) atoms. The summed E-state index contributed by atoms with van der Waals surface area (Å²) in [6, 6.07) is 12.3. The molecule has 3 rings (SSSR count). The van der Waals surface area contributed by atoms with Crippen LogP contribution in [0.3, 0.4) is 0 Å². The summed E-state index contributed by atoms with van der Waals surface area (Å²) in [4.78, 5) is 2.30. The van der Waals surface area contributed by atoms with Gasteiger partial charge in [0, 0.05) is 30.5 Å². The first-order chi connectivity index (χ1) is 9.19. The van der Waals surface area contributed by atoms with Crippen LogP contribution < -0.4 is 15.4 Å². The van der Waals surface area contributed by atoms with E-state index < -0.39 is 0 Å². The monoisotopic (exact) mass is 318 g/mol. The number of rotatable bonds is 2. The molecule has 2 aromatic carbocycles. The summed E-state index contributed by atoms with van der Waals surface area (Å²) in [6.45, 7) is 1.75. The van der Waals surface area contributed by atoms with E-state index in [1.165, 1.54) is 11.1 Å². The van der Waals surface area contributed by atoms with Gasteiger partial charge in [0.2, 0.25) is 0 Å². The number of hydrogen-bond donors (Lipinski definition) is 1. The molecule has 1 heterocycles. The molecule has 0 spiro atoms. The average molecular weight is 319 g/mol. The molecule has 98 valence electrons. The van der Waals surface area contributed by atoms with Crippen molar-refractivity contribution in [2.24, 2.45) is 0 Å². The topological polar surface area (TPSA) is 38.5 Å². The number of hydrogen-bond acceptors (Lipinski definition) is 3. The highest BCUT2D eigenvalue weighted by Gasteiger charge is 2.21. The van der Waals surface area contributed by atoms with Crippen LogP contribution in [-0.2, 0) is 13.1 Å². The average Bonchev–Trinajstić information content (AvgIpc) is 2.85. The maximum Gasteiger partial charge on any atom is 0.135 e. The Kier molecular flexibility index (Phi) is 3.11. The first-order valence-electron chi connectivity index (χ1n) is 6.14. The van der Waals surface area contributed by atoms with Gasteiger partial charge in [-0.25, -0.2) is 0 Å². The van der Waals surface area contributed by atoms with Crippen molar-refractivity contribution < 1.29 is 4.74 Å². The van der Waals surface area contributed by atoms with Gasteiger partial charge in [0.25, 0.3) is 0 Å². The zero-order valence-corrected chi connectivity index (χ0v) is 12.3. The van der Waals surface area contributed by atoms with Gasteiger partial charge in [0.15, 0.2) is 0 Å². The van der Waals surface area contributed by atoms with Crippen LogP contribution in [0.1, 0.15) is 11.1 Å².